The third-order valence-electron chi connectivity index (χ3n) is 3.18. The molecule has 3 heteroatoms. The van der Waals surface area contributed by atoms with Crippen molar-refractivity contribution in [1.29, 1.82) is 0 Å². The maximum absolute atomic E-state index is 2.29. The summed E-state index contributed by atoms with van der Waals surface area (Å²) in [6, 6.07) is 0. The third-order valence-corrected chi connectivity index (χ3v) is 3.18. The van der Waals surface area contributed by atoms with Crippen LogP contribution in [0.2, 0.25) is 0 Å². The molecule has 0 atom stereocenters. The van der Waals surface area contributed by atoms with Crippen molar-refractivity contribution < 1.29 is 16.9 Å². The monoisotopic (exact) mass is 299 g/mol. The number of nitrogens with zero attached hydrogens (tertiary/aromatic N) is 1. The summed E-state index contributed by atoms with van der Waals surface area (Å²) in [6.07, 6.45) is 14.4. The van der Waals surface area contributed by atoms with Crippen molar-refractivity contribution in [3.63, 3.8) is 0 Å². The Morgan fingerprint density at radius 2 is 0.944 bits per heavy atom. The van der Waals surface area contributed by atoms with Gasteiger partial charge >= 0.3 is 0 Å². The number of unbranched alkanes of at least 4 members (excludes halogenated alkanes) is 9. The third kappa shape index (κ3) is 21.8. The van der Waals surface area contributed by atoms with Crippen LogP contribution in [-0.2, 0) is 0 Å². The maximum Gasteiger partial charge on any atom is 0.0780 e. The Morgan fingerprint density at radius 1 is 0.611 bits per heavy atom. The number of halogens is 2. The molecule has 0 saturated carbocycles. The van der Waals surface area contributed by atoms with E-state index in [0.717, 1.165) is 4.48 Å². The molecule has 1 nitrogen and oxygen atoms in total. The second kappa shape index (κ2) is 15.6. The van der Waals surface area contributed by atoms with Crippen LogP contribution in [0.25, 0.3) is 0 Å². The average Bonchev–Trinajstić information content (AvgIpc) is 2.19. The molecule has 0 heterocycles. The van der Waals surface area contributed by atoms with Crippen LogP contribution < -0.4 is 12.4 Å². The van der Waals surface area contributed by atoms with E-state index in [0.29, 0.717) is 0 Å². The first kappa shape index (κ1) is 23.6. The summed E-state index contributed by atoms with van der Waals surface area (Å²) in [7, 11) is 6.86. The van der Waals surface area contributed by atoms with Gasteiger partial charge in [-0.25, -0.2) is 0 Å². The zero-order chi connectivity index (χ0) is 12.3. The summed E-state index contributed by atoms with van der Waals surface area (Å²) < 4.78 is 1.12. The highest BCUT2D eigenvalue weighted by atomic mass is 35.5. The molecular formula is C15H35Cl2N. The van der Waals surface area contributed by atoms with Gasteiger partial charge in [0.2, 0.25) is 0 Å². The van der Waals surface area contributed by atoms with Gasteiger partial charge in [-0.05, 0) is 12.8 Å². The predicted octanol–water partition coefficient (Wildman–Crippen LogP) is 2.04. The van der Waals surface area contributed by atoms with E-state index in [-0.39, 0.29) is 24.8 Å². The van der Waals surface area contributed by atoms with Gasteiger partial charge in [-0.1, -0.05) is 58.3 Å². The Balaban J connectivity index is -0.00000112. The van der Waals surface area contributed by atoms with Crippen LogP contribution in [-0.4, -0.2) is 32.2 Å². The van der Waals surface area contributed by atoms with Gasteiger partial charge in [0.25, 0.3) is 0 Å². The highest BCUT2D eigenvalue weighted by molar-refractivity contribution is 5.85. The van der Waals surface area contributed by atoms with Gasteiger partial charge in [0.1, 0.15) is 0 Å². The first-order chi connectivity index (χ1) is 7.56. The Hall–Kier alpha value is 0.540. The Bertz CT molecular complexity index is 144. The lowest BCUT2D eigenvalue weighted by Crippen LogP contribution is -3.00. The Morgan fingerprint density at radius 3 is 1.28 bits per heavy atom. The number of rotatable bonds is 11. The van der Waals surface area contributed by atoms with E-state index in [4.69, 9.17) is 0 Å². The van der Waals surface area contributed by atoms with E-state index in [1.165, 1.54) is 70.8 Å². The summed E-state index contributed by atoms with van der Waals surface area (Å²) >= 11 is 0. The van der Waals surface area contributed by atoms with Crippen molar-refractivity contribution in [2.24, 2.45) is 0 Å². The fourth-order valence-corrected chi connectivity index (χ4v) is 2.07. The Labute approximate surface area is 128 Å². The molecule has 18 heavy (non-hydrogen) atoms. The van der Waals surface area contributed by atoms with Crippen LogP contribution >= 0.6 is 12.4 Å². The molecule has 0 aliphatic heterocycles. The topological polar surface area (TPSA) is 0 Å². The molecule has 0 aromatic carbocycles. The number of hydrogen-bond donors (Lipinski definition) is 0. The second-order valence-corrected chi connectivity index (χ2v) is 6.20. The quantitative estimate of drug-likeness (QED) is 0.405. The van der Waals surface area contributed by atoms with Crippen LogP contribution in [0.4, 0.5) is 0 Å². The van der Waals surface area contributed by atoms with E-state index in [9.17, 15) is 0 Å². The smallest absolute Gasteiger partial charge is 0.0780 e. The highest BCUT2D eigenvalue weighted by Gasteiger charge is 2.04. The van der Waals surface area contributed by atoms with Gasteiger partial charge in [-0.15, -0.1) is 12.4 Å². The molecule has 0 bridgehead atoms. The average molecular weight is 300 g/mol. The summed E-state index contributed by atoms with van der Waals surface area (Å²) in [5.41, 5.74) is 0. The molecule has 0 N–H and O–H groups in total. The molecule has 0 rings (SSSR count). The minimum absolute atomic E-state index is 0. The maximum atomic E-state index is 2.29. The molecular weight excluding hydrogens is 265 g/mol. The fraction of sp³-hybridized carbons (Fsp3) is 1.00. The molecule has 0 unspecified atom stereocenters. The van der Waals surface area contributed by atoms with Crippen molar-refractivity contribution >= 4 is 12.4 Å². The van der Waals surface area contributed by atoms with Crippen molar-refractivity contribution in [3.8, 4) is 0 Å². The van der Waals surface area contributed by atoms with E-state index in [2.05, 4.69) is 28.1 Å². The minimum atomic E-state index is 0. The van der Waals surface area contributed by atoms with Crippen molar-refractivity contribution in [3.05, 3.63) is 0 Å². The van der Waals surface area contributed by atoms with Gasteiger partial charge in [0, 0.05) is 0 Å². The van der Waals surface area contributed by atoms with E-state index in [1.807, 2.05) is 0 Å². The van der Waals surface area contributed by atoms with Gasteiger partial charge < -0.3 is 16.9 Å². The summed E-state index contributed by atoms with van der Waals surface area (Å²) in [6.45, 7) is 3.62. The largest absolute Gasteiger partial charge is 1.00 e. The Kier molecular flexibility index (Phi) is 20.5. The zero-order valence-corrected chi connectivity index (χ0v) is 14.6. The standard InChI is InChI=1S/C15H34N.2ClH/c1-5-6-7-8-9-10-11-12-13-14-15-16(2,3)4;;/h5-15H2,1-4H3;2*1H/q+1;;/p-1. The molecule has 0 amide bonds. The van der Waals surface area contributed by atoms with E-state index < -0.39 is 0 Å². The molecule has 0 spiro atoms. The lowest BCUT2D eigenvalue weighted by atomic mass is 10.1. The van der Waals surface area contributed by atoms with Crippen molar-refractivity contribution in [2.45, 2.75) is 71.1 Å². The van der Waals surface area contributed by atoms with Crippen LogP contribution in [0.5, 0.6) is 0 Å². The molecule has 0 aliphatic carbocycles. The molecule has 0 aliphatic rings. The molecule has 0 aromatic heterocycles. The van der Waals surface area contributed by atoms with Gasteiger partial charge in [0.15, 0.2) is 0 Å². The highest BCUT2D eigenvalue weighted by Crippen LogP contribution is 2.10. The van der Waals surface area contributed by atoms with Crippen molar-refractivity contribution in [1.82, 2.24) is 0 Å². The summed E-state index contributed by atoms with van der Waals surface area (Å²) in [4.78, 5) is 0. The lowest BCUT2D eigenvalue weighted by Gasteiger charge is -2.23. The van der Waals surface area contributed by atoms with E-state index >= 15 is 0 Å². The fourth-order valence-electron chi connectivity index (χ4n) is 2.07. The molecule has 0 radical (unpaired) electrons. The van der Waals surface area contributed by atoms with Gasteiger partial charge in [-0.3, -0.25) is 0 Å². The number of quaternary nitrogens is 1. The van der Waals surface area contributed by atoms with Gasteiger partial charge in [-0.2, -0.15) is 0 Å². The molecule has 114 valence electrons. The van der Waals surface area contributed by atoms with Gasteiger partial charge in [0.05, 0.1) is 27.7 Å². The van der Waals surface area contributed by atoms with Crippen molar-refractivity contribution in [2.75, 3.05) is 27.7 Å². The molecule has 0 aromatic rings. The summed E-state index contributed by atoms with van der Waals surface area (Å²) in [5, 5.41) is 0. The summed E-state index contributed by atoms with van der Waals surface area (Å²) in [5.74, 6) is 0. The van der Waals surface area contributed by atoms with Crippen LogP contribution in [0.15, 0.2) is 0 Å². The second-order valence-electron chi connectivity index (χ2n) is 6.20. The normalized spacial score (nSPS) is 10.7. The molecule has 0 saturated heterocycles. The first-order valence-electron chi connectivity index (χ1n) is 7.36. The molecule has 0 fully saturated rings. The first-order valence-corrected chi connectivity index (χ1v) is 7.36. The predicted molar refractivity (Wildman–Crippen MR) is 82.0 cm³/mol. The van der Waals surface area contributed by atoms with Crippen LogP contribution in [0.1, 0.15) is 71.1 Å². The zero-order valence-electron chi connectivity index (χ0n) is 13.0. The minimum Gasteiger partial charge on any atom is -1.00 e. The van der Waals surface area contributed by atoms with E-state index in [1.54, 1.807) is 0 Å². The van der Waals surface area contributed by atoms with Crippen LogP contribution in [0.3, 0.4) is 0 Å². The van der Waals surface area contributed by atoms with Crippen LogP contribution in [0, 0.1) is 0 Å². The SMILES string of the molecule is CCCCCCCCCCCC[N+](C)(C)C.Cl.[Cl-]. The number of hydrogen-bond acceptors (Lipinski definition) is 0. The lowest BCUT2D eigenvalue weighted by molar-refractivity contribution is -0.870.